The third-order valence-electron chi connectivity index (χ3n) is 4.27. The van der Waals surface area contributed by atoms with Gasteiger partial charge in [0.1, 0.15) is 0 Å². The molecule has 0 saturated carbocycles. The fourth-order valence-corrected chi connectivity index (χ4v) is 4.21. The van der Waals surface area contributed by atoms with Gasteiger partial charge in [0.2, 0.25) is 10.0 Å². The molecule has 1 saturated heterocycles. The number of ether oxygens (including phenoxy) is 1. The lowest BCUT2D eigenvalue weighted by molar-refractivity contribution is 0.0730. The Kier molecular flexibility index (Phi) is 6.08. The van der Waals surface area contributed by atoms with E-state index >= 15 is 0 Å². The third kappa shape index (κ3) is 4.51. The van der Waals surface area contributed by atoms with Crippen molar-refractivity contribution in [2.75, 3.05) is 32.8 Å². The molecule has 7 nitrogen and oxygen atoms in total. The summed E-state index contributed by atoms with van der Waals surface area (Å²) in [5.74, 6) is -0.201. The summed E-state index contributed by atoms with van der Waals surface area (Å²) in [6.45, 7) is 2.91. The quantitative estimate of drug-likeness (QED) is 0.738. The van der Waals surface area contributed by atoms with Crippen LogP contribution in [0.15, 0.2) is 53.7 Å². The predicted octanol–water partition coefficient (Wildman–Crippen LogP) is 1.33. The highest BCUT2D eigenvalue weighted by Gasteiger charge is 2.26. The molecule has 1 aromatic carbocycles. The molecule has 1 N–H and O–H groups in total. The summed E-state index contributed by atoms with van der Waals surface area (Å²) in [5.41, 5.74) is 0.451. The Bertz CT molecular complexity index is 811. The van der Waals surface area contributed by atoms with Crippen molar-refractivity contribution in [3.8, 4) is 0 Å². The van der Waals surface area contributed by atoms with Gasteiger partial charge in [-0.3, -0.25) is 4.79 Å². The molecule has 2 heterocycles. The highest BCUT2D eigenvalue weighted by Crippen LogP contribution is 2.17. The van der Waals surface area contributed by atoms with Crippen LogP contribution in [0.5, 0.6) is 0 Å². The van der Waals surface area contributed by atoms with E-state index in [-0.39, 0.29) is 10.8 Å². The van der Waals surface area contributed by atoms with Crippen LogP contribution in [0.2, 0.25) is 0 Å². The number of aromatic nitrogens is 1. The van der Waals surface area contributed by atoms with E-state index in [9.17, 15) is 13.2 Å². The van der Waals surface area contributed by atoms with E-state index in [2.05, 4.69) is 9.88 Å². The van der Waals surface area contributed by atoms with E-state index in [0.717, 1.165) is 13.0 Å². The minimum atomic E-state index is -3.53. The van der Waals surface area contributed by atoms with Crippen molar-refractivity contribution >= 4 is 15.9 Å². The molecule has 3 rings (SSSR count). The minimum absolute atomic E-state index is 0.198. The monoisotopic (exact) mass is 377 g/mol. The highest BCUT2D eigenvalue weighted by molar-refractivity contribution is 7.89. The number of rotatable bonds is 7. The van der Waals surface area contributed by atoms with Crippen molar-refractivity contribution in [3.63, 3.8) is 0 Å². The Labute approximate surface area is 153 Å². The average Bonchev–Trinajstić information content (AvgIpc) is 3.19. The lowest BCUT2D eigenvalue weighted by Crippen LogP contribution is -2.40. The summed E-state index contributed by atoms with van der Waals surface area (Å²) in [7, 11) is -3.53. The van der Waals surface area contributed by atoms with Gasteiger partial charge < -0.3 is 14.6 Å². The van der Waals surface area contributed by atoms with Gasteiger partial charge in [-0.1, -0.05) is 0 Å². The summed E-state index contributed by atoms with van der Waals surface area (Å²) in [6, 6.07) is 10.00. The van der Waals surface area contributed by atoms with Crippen molar-refractivity contribution in [1.82, 2.24) is 14.2 Å². The average molecular weight is 377 g/mol. The molecule has 140 valence electrons. The number of aryl methyl sites for hydroxylation is 1. The predicted molar refractivity (Wildman–Crippen MR) is 97.4 cm³/mol. The van der Waals surface area contributed by atoms with Gasteiger partial charge in [-0.25, -0.2) is 8.42 Å². The Balaban J connectivity index is 1.53. The number of hydrogen-bond donors (Lipinski definition) is 1. The molecule has 2 aromatic rings. The van der Waals surface area contributed by atoms with Crippen LogP contribution in [-0.2, 0) is 21.3 Å². The van der Waals surface area contributed by atoms with Crippen LogP contribution >= 0.6 is 0 Å². The molecule has 1 aromatic heterocycles. The normalized spacial score (nSPS) is 15.7. The summed E-state index contributed by atoms with van der Waals surface area (Å²) in [4.78, 5) is 12.4. The SMILES string of the molecule is O=C(NCCCn1cccc1)c1ccc(S(=O)(=O)N2CCOCC2)cc1. The van der Waals surface area contributed by atoms with Crippen molar-refractivity contribution in [2.24, 2.45) is 0 Å². The third-order valence-corrected chi connectivity index (χ3v) is 6.18. The number of carbonyl (C=O) groups is 1. The van der Waals surface area contributed by atoms with E-state index in [0.29, 0.717) is 38.4 Å². The summed E-state index contributed by atoms with van der Waals surface area (Å²) < 4.78 is 33.8. The Hall–Kier alpha value is -2.16. The number of morpholine rings is 1. The van der Waals surface area contributed by atoms with Gasteiger partial charge in [0, 0.05) is 44.1 Å². The number of hydrogen-bond acceptors (Lipinski definition) is 4. The zero-order chi connectivity index (χ0) is 18.4. The molecular formula is C18H23N3O4S. The summed E-state index contributed by atoms with van der Waals surface area (Å²) in [6.07, 6.45) is 4.79. The van der Waals surface area contributed by atoms with Crippen LogP contribution in [-0.4, -0.2) is 56.0 Å². The van der Waals surface area contributed by atoms with Gasteiger partial charge >= 0.3 is 0 Å². The molecule has 0 radical (unpaired) electrons. The Morgan fingerprint density at radius 3 is 2.38 bits per heavy atom. The largest absolute Gasteiger partial charge is 0.379 e. The number of nitrogens with one attached hydrogen (secondary N) is 1. The van der Waals surface area contributed by atoms with Gasteiger partial charge in [0.05, 0.1) is 18.1 Å². The van der Waals surface area contributed by atoms with Crippen LogP contribution in [0.1, 0.15) is 16.8 Å². The lowest BCUT2D eigenvalue weighted by atomic mass is 10.2. The van der Waals surface area contributed by atoms with Crippen LogP contribution in [0.4, 0.5) is 0 Å². The second-order valence-electron chi connectivity index (χ2n) is 6.07. The van der Waals surface area contributed by atoms with E-state index in [1.165, 1.54) is 16.4 Å². The highest BCUT2D eigenvalue weighted by atomic mass is 32.2. The molecule has 26 heavy (non-hydrogen) atoms. The van der Waals surface area contributed by atoms with E-state index < -0.39 is 10.0 Å². The number of sulfonamides is 1. The van der Waals surface area contributed by atoms with Crippen LogP contribution in [0, 0.1) is 0 Å². The smallest absolute Gasteiger partial charge is 0.251 e. The molecule has 0 spiro atoms. The molecule has 1 amide bonds. The van der Waals surface area contributed by atoms with Gasteiger partial charge in [-0.05, 0) is 42.8 Å². The Morgan fingerprint density at radius 1 is 1.08 bits per heavy atom. The second kappa shape index (κ2) is 8.48. The van der Waals surface area contributed by atoms with Gasteiger partial charge in [0.25, 0.3) is 5.91 Å². The van der Waals surface area contributed by atoms with Crippen molar-refractivity contribution in [1.29, 1.82) is 0 Å². The number of nitrogens with zero attached hydrogens (tertiary/aromatic N) is 2. The first kappa shape index (κ1) is 18.6. The molecule has 1 aliphatic rings. The molecule has 0 unspecified atom stereocenters. The van der Waals surface area contributed by atoms with Crippen molar-refractivity contribution < 1.29 is 17.9 Å². The van der Waals surface area contributed by atoms with Gasteiger partial charge in [-0.15, -0.1) is 0 Å². The first-order valence-electron chi connectivity index (χ1n) is 8.64. The number of carbonyl (C=O) groups excluding carboxylic acids is 1. The zero-order valence-electron chi connectivity index (χ0n) is 14.5. The molecule has 0 aliphatic carbocycles. The summed E-state index contributed by atoms with van der Waals surface area (Å²) in [5, 5.41) is 2.85. The second-order valence-corrected chi connectivity index (χ2v) is 8.01. The van der Waals surface area contributed by atoms with Gasteiger partial charge in [0.15, 0.2) is 0 Å². The molecular weight excluding hydrogens is 354 g/mol. The molecule has 1 fully saturated rings. The van der Waals surface area contributed by atoms with E-state index in [4.69, 9.17) is 4.74 Å². The summed E-state index contributed by atoms with van der Waals surface area (Å²) >= 11 is 0. The maximum atomic E-state index is 12.6. The standard InChI is InChI=1S/C18H23N3O4S/c22-18(19-8-3-11-20-9-1-2-10-20)16-4-6-17(7-5-16)26(23,24)21-12-14-25-15-13-21/h1-2,4-7,9-10H,3,8,11-15H2,(H,19,22). The van der Waals surface area contributed by atoms with E-state index in [1.807, 2.05) is 24.5 Å². The topological polar surface area (TPSA) is 80.6 Å². The van der Waals surface area contributed by atoms with Crippen molar-refractivity contribution in [2.45, 2.75) is 17.9 Å². The first-order valence-corrected chi connectivity index (χ1v) is 10.1. The first-order chi connectivity index (χ1) is 12.6. The van der Waals surface area contributed by atoms with Crippen molar-refractivity contribution in [3.05, 3.63) is 54.4 Å². The maximum Gasteiger partial charge on any atom is 0.251 e. The van der Waals surface area contributed by atoms with Crippen LogP contribution in [0.3, 0.4) is 0 Å². The van der Waals surface area contributed by atoms with Gasteiger partial charge in [-0.2, -0.15) is 4.31 Å². The van der Waals surface area contributed by atoms with E-state index in [1.54, 1.807) is 12.1 Å². The number of amides is 1. The molecule has 1 aliphatic heterocycles. The fourth-order valence-electron chi connectivity index (χ4n) is 2.80. The van der Waals surface area contributed by atoms with Crippen LogP contribution < -0.4 is 5.32 Å². The molecule has 0 atom stereocenters. The molecule has 8 heteroatoms. The van der Waals surface area contributed by atoms with Crippen LogP contribution in [0.25, 0.3) is 0 Å². The number of benzene rings is 1. The molecule has 0 bridgehead atoms. The lowest BCUT2D eigenvalue weighted by Gasteiger charge is -2.26. The minimum Gasteiger partial charge on any atom is -0.379 e. The Morgan fingerprint density at radius 2 is 1.73 bits per heavy atom. The fraction of sp³-hybridized carbons (Fsp3) is 0.389. The maximum absolute atomic E-state index is 12.6. The zero-order valence-corrected chi connectivity index (χ0v) is 15.3.